The molecule has 3 unspecified atom stereocenters. The zero-order valence-electron chi connectivity index (χ0n) is 15.2. The molecule has 2 N–H and O–H groups in total. The number of hydrogen-bond acceptors (Lipinski definition) is 4. The molecule has 2 saturated heterocycles. The van der Waals surface area contributed by atoms with E-state index in [1.54, 1.807) is 0 Å². The van der Waals surface area contributed by atoms with Crippen LogP contribution in [0.4, 0.5) is 0 Å². The SMILES string of the molecule is CC(NC1CCN(C2CCCCC2O)CC1)C1CCN(C)CC1. The molecule has 0 aromatic heterocycles. The van der Waals surface area contributed by atoms with Gasteiger partial charge < -0.3 is 15.3 Å². The van der Waals surface area contributed by atoms with Crippen molar-refractivity contribution in [3.8, 4) is 0 Å². The molecule has 23 heavy (non-hydrogen) atoms. The van der Waals surface area contributed by atoms with Gasteiger partial charge >= 0.3 is 0 Å². The van der Waals surface area contributed by atoms with E-state index in [0.29, 0.717) is 18.1 Å². The minimum absolute atomic E-state index is 0.0774. The summed E-state index contributed by atoms with van der Waals surface area (Å²) in [5.41, 5.74) is 0. The van der Waals surface area contributed by atoms with Crippen molar-refractivity contribution in [2.75, 3.05) is 33.2 Å². The van der Waals surface area contributed by atoms with E-state index < -0.39 is 0 Å². The molecular weight excluding hydrogens is 286 g/mol. The lowest BCUT2D eigenvalue weighted by atomic mass is 9.88. The van der Waals surface area contributed by atoms with Crippen molar-refractivity contribution in [2.45, 2.75) is 82.5 Å². The van der Waals surface area contributed by atoms with Gasteiger partial charge in [0.25, 0.3) is 0 Å². The van der Waals surface area contributed by atoms with Crippen LogP contribution in [0.5, 0.6) is 0 Å². The number of likely N-dealkylation sites (tertiary alicyclic amines) is 2. The number of piperidine rings is 2. The first kappa shape index (κ1) is 17.7. The third-order valence-corrected chi connectivity index (χ3v) is 6.66. The molecule has 2 aliphatic heterocycles. The van der Waals surface area contributed by atoms with Crippen molar-refractivity contribution >= 4 is 0 Å². The van der Waals surface area contributed by atoms with Crippen LogP contribution in [-0.2, 0) is 0 Å². The molecule has 0 aromatic carbocycles. The van der Waals surface area contributed by atoms with E-state index in [1.807, 2.05) is 0 Å². The third kappa shape index (κ3) is 4.68. The van der Waals surface area contributed by atoms with Crippen LogP contribution in [0.2, 0.25) is 0 Å². The maximum atomic E-state index is 10.3. The van der Waals surface area contributed by atoms with Gasteiger partial charge in [-0.2, -0.15) is 0 Å². The number of aliphatic hydroxyl groups excluding tert-OH is 1. The van der Waals surface area contributed by atoms with Crippen LogP contribution in [-0.4, -0.2) is 72.4 Å². The average molecular weight is 324 g/mol. The minimum Gasteiger partial charge on any atom is -0.391 e. The van der Waals surface area contributed by atoms with Gasteiger partial charge in [0, 0.05) is 31.2 Å². The first-order valence-electron chi connectivity index (χ1n) is 10.00. The fourth-order valence-electron chi connectivity index (χ4n) is 4.95. The summed E-state index contributed by atoms with van der Waals surface area (Å²) in [7, 11) is 2.24. The van der Waals surface area contributed by atoms with Gasteiger partial charge in [0.1, 0.15) is 0 Å². The van der Waals surface area contributed by atoms with Crippen LogP contribution in [0.15, 0.2) is 0 Å². The molecule has 0 amide bonds. The van der Waals surface area contributed by atoms with Gasteiger partial charge in [-0.25, -0.2) is 0 Å². The fraction of sp³-hybridized carbons (Fsp3) is 1.00. The van der Waals surface area contributed by atoms with Crippen LogP contribution in [0.1, 0.15) is 58.3 Å². The number of rotatable bonds is 4. The zero-order valence-corrected chi connectivity index (χ0v) is 15.2. The molecule has 3 atom stereocenters. The van der Waals surface area contributed by atoms with Crippen LogP contribution >= 0.6 is 0 Å². The van der Waals surface area contributed by atoms with Gasteiger partial charge in [-0.15, -0.1) is 0 Å². The molecule has 3 fully saturated rings. The van der Waals surface area contributed by atoms with Crippen molar-refractivity contribution in [2.24, 2.45) is 5.92 Å². The van der Waals surface area contributed by atoms with Crippen LogP contribution in [0.25, 0.3) is 0 Å². The van der Waals surface area contributed by atoms with Crippen molar-refractivity contribution in [3.05, 3.63) is 0 Å². The van der Waals surface area contributed by atoms with Gasteiger partial charge in [0.05, 0.1) is 6.10 Å². The summed E-state index contributed by atoms with van der Waals surface area (Å²) in [5.74, 6) is 0.851. The molecule has 0 spiro atoms. The molecule has 1 saturated carbocycles. The Morgan fingerprint density at radius 2 is 1.57 bits per heavy atom. The Bertz CT molecular complexity index is 349. The maximum Gasteiger partial charge on any atom is 0.0695 e. The van der Waals surface area contributed by atoms with Gasteiger partial charge in [-0.1, -0.05) is 12.8 Å². The van der Waals surface area contributed by atoms with E-state index in [-0.39, 0.29) is 6.10 Å². The second-order valence-corrected chi connectivity index (χ2v) is 8.33. The Morgan fingerprint density at radius 1 is 0.913 bits per heavy atom. The summed E-state index contributed by atoms with van der Waals surface area (Å²) in [6, 6.07) is 1.78. The Morgan fingerprint density at radius 3 is 2.22 bits per heavy atom. The molecule has 0 radical (unpaired) electrons. The zero-order chi connectivity index (χ0) is 16.2. The number of hydrogen-bond donors (Lipinski definition) is 2. The predicted molar refractivity (Wildman–Crippen MR) is 95.7 cm³/mol. The molecule has 2 heterocycles. The standard InChI is InChI=1S/C19H37N3O/c1-15(16-7-11-21(2)12-8-16)20-17-9-13-22(14-10-17)18-5-3-4-6-19(18)23/h15-20,23H,3-14H2,1-2H3. The summed E-state index contributed by atoms with van der Waals surface area (Å²) in [4.78, 5) is 5.03. The monoisotopic (exact) mass is 323 g/mol. The molecule has 3 rings (SSSR count). The van der Waals surface area contributed by atoms with E-state index in [1.165, 1.54) is 71.1 Å². The molecule has 134 valence electrons. The summed E-state index contributed by atoms with van der Waals surface area (Å²) in [6.07, 6.45) is 9.83. The number of nitrogens with zero attached hydrogens (tertiary/aromatic N) is 2. The first-order valence-corrected chi connectivity index (χ1v) is 10.00. The first-order chi connectivity index (χ1) is 11.1. The van der Waals surface area contributed by atoms with E-state index in [9.17, 15) is 5.11 Å². The molecule has 1 aliphatic carbocycles. The van der Waals surface area contributed by atoms with E-state index in [2.05, 4.69) is 29.1 Å². The highest BCUT2D eigenvalue weighted by Gasteiger charge is 2.32. The Kier molecular flexibility index (Phi) is 6.36. The lowest BCUT2D eigenvalue weighted by Gasteiger charge is -2.43. The number of aliphatic hydroxyl groups is 1. The van der Waals surface area contributed by atoms with Crippen LogP contribution in [0.3, 0.4) is 0 Å². The summed E-state index contributed by atoms with van der Waals surface area (Å²) >= 11 is 0. The topological polar surface area (TPSA) is 38.7 Å². The lowest BCUT2D eigenvalue weighted by Crippen LogP contribution is -2.53. The average Bonchev–Trinajstić information content (AvgIpc) is 2.57. The van der Waals surface area contributed by atoms with Crippen molar-refractivity contribution in [3.63, 3.8) is 0 Å². The largest absolute Gasteiger partial charge is 0.391 e. The Hall–Kier alpha value is -0.160. The quantitative estimate of drug-likeness (QED) is 0.831. The summed E-state index contributed by atoms with van der Waals surface area (Å²) < 4.78 is 0. The van der Waals surface area contributed by atoms with Crippen molar-refractivity contribution in [1.82, 2.24) is 15.1 Å². The highest BCUT2D eigenvalue weighted by molar-refractivity contribution is 4.89. The molecule has 4 nitrogen and oxygen atoms in total. The minimum atomic E-state index is -0.0774. The second kappa shape index (κ2) is 8.28. The molecule has 4 heteroatoms. The smallest absolute Gasteiger partial charge is 0.0695 e. The Balaban J connectivity index is 1.40. The van der Waals surface area contributed by atoms with E-state index in [4.69, 9.17) is 0 Å². The fourth-order valence-corrected chi connectivity index (χ4v) is 4.95. The number of nitrogens with one attached hydrogen (secondary N) is 1. The van der Waals surface area contributed by atoms with E-state index in [0.717, 1.165) is 12.3 Å². The lowest BCUT2D eigenvalue weighted by molar-refractivity contribution is 0.00604. The summed E-state index contributed by atoms with van der Waals surface area (Å²) in [5, 5.41) is 14.2. The van der Waals surface area contributed by atoms with Crippen LogP contribution < -0.4 is 5.32 Å². The highest BCUT2D eigenvalue weighted by atomic mass is 16.3. The third-order valence-electron chi connectivity index (χ3n) is 6.66. The van der Waals surface area contributed by atoms with E-state index >= 15 is 0 Å². The molecular formula is C19H37N3O. The van der Waals surface area contributed by atoms with Gasteiger partial charge in [0.15, 0.2) is 0 Å². The summed E-state index contributed by atoms with van der Waals surface area (Å²) in [6.45, 7) is 7.25. The second-order valence-electron chi connectivity index (χ2n) is 8.33. The van der Waals surface area contributed by atoms with Crippen molar-refractivity contribution < 1.29 is 5.11 Å². The van der Waals surface area contributed by atoms with Crippen molar-refractivity contribution in [1.29, 1.82) is 0 Å². The molecule has 0 bridgehead atoms. The Labute approximate surface area is 142 Å². The predicted octanol–water partition coefficient (Wildman–Crippen LogP) is 2.07. The molecule has 3 aliphatic rings. The molecule has 0 aromatic rings. The van der Waals surface area contributed by atoms with Gasteiger partial charge in [0.2, 0.25) is 0 Å². The maximum absolute atomic E-state index is 10.3. The normalized spacial score (nSPS) is 34.6. The highest BCUT2D eigenvalue weighted by Crippen LogP contribution is 2.27. The van der Waals surface area contributed by atoms with Crippen LogP contribution in [0, 0.1) is 5.92 Å². The van der Waals surface area contributed by atoms with Gasteiger partial charge in [-0.05, 0) is 71.5 Å². The van der Waals surface area contributed by atoms with Gasteiger partial charge in [-0.3, -0.25) is 4.90 Å².